The Bertz CT molecular complexity index is 705. The predicted molar refractivity (Wildman–Crippen MR) is 86.2 cm³/mol. The van der Waals surface area contributed by atoms with Gasteiger partial charge in [0, 0.05) is 13.6 Å². The van der Waals surface area contributed by atoms with Crippen LogP contribution in [0.3, 0.4) is 0 Å². The van der Waals surface area contributed by atoms with Gasteiger partial charge in [0.05, 0.1) is 17.1 Å². The van der Waals surface area contributed by atoms with E-state index in [1.807, 2.05) is 11.9 Å². The van der Waals surface area contributed by atoms with Crippen molar-refractivity contribution in [2.75, 3.05) is 31.6 Å². The Morgan fingerprint density at radius 3 is 3.00 bits per heavy atom. The van der Waals surface area contributed by atoms with E-state index in [2.05, 4.69) is 10.0 Å². The summed E-state index contributed by atoms with van der Waals surface area (Å²) in [6.45, 7) is 1.88. The molecule has 3 rings (SSSR count). The molecule has 1 aromatic rings. The molecule has 1 fully saturated rings. The van der Waals surface area contributed by atoms with Gasteiger partial charge in [-0.25, -0.2) is 8.42 Å². The van der Waals surface area contributed by atoms with E-state index in [9.17, 15) is 13.2 Å². The Hall–Kier alpha value is -1.80. The molecule has 1 saturated heterocycles. The molecular weight excluding hydrogens is 318 g/mol. The van der Waals surface area contributed by atoms with Crippen LogP contribution in [-0.2, 0) is 14.8 Å². The van der Waals surface area contributed by atoms with Crippen LogP contribution in [0.15, 0.2) is 23.1 Å². The number of nitrogens with zero attached hydrogens (tertiary/aromatic N) is 1. The van der Waals surface area contributed by atoms with Crippen molar-refractivity contribution in [1.29, 1.82) is 0 Å². The van der Waals surface area contributed by atoms with E-state index in [1.54, 1.807) is 12.1 Å². The number of sulfonamides is 1. The third-order valence-corrected chi connectivity index (χ3v) is 5.64. The van der Waals surface area contributed by atoms with E-state index in [-0.39, 0.29) is 10.8 Å². The molecule has 1 aromatic carbocycles. The van der Waals surface area contributed by atoms with Crippen molar-refractivity contribution in [1.82, 2.24) is 10.0 Å². The predicted octanol–water partition coefficient (Wildman–Crippen LogP) is 0.462. The minimum atomic E-state index is -3.76. The van der Waals surface area contributed by atoms with Gasteiger partial charge in [-0.15, -0.1) is 0 Å². The molecule has 8 heteroatoms. The number of amides is 1. The van der Waals surface area contributed by atoms with Crippen molar-refractivity contribution >= 4 is 21.6 Å². The highest BCUT2D eigenvalue weighted by Gasteiger charge is 2.28. The number of rotatable bonds is 3. The number of likely N-dealkylation sites (N-methyl/N-ethyl adjacent to an activating group) is 1. The third kappa shape index (κ3) is 3.42. The number of ether oxygens (including phenoxy) is 1. The lowest BCUT2D eigenvalue weighted by molar-refractivity contribution is -0.122. The van der Waals surface area contributed by atoms with Crippen LogP contribution in [0.25, 0.3) is 0 Å². The summed E-state index contributed by atoms with van der Waals surface area (Å²) in [4.78, 5) is 14.0. The molecule has 0 bridgehead atoms. The molecule has 2 heterocycles. The Kier molecular flexibility index (Phi) is 4.45. The molecule has 23 heavy (non-hydrogen) atoms. The minimum Gasteiger partial charge on any atom is -0.490 e. The summed E-state index contributed by atoms with van der Waals surface area (Å²) < 4.78 is 33.2. The largest absolute Gasteiger partial charge is 0.490 e. The quantitative estimate of drug-likeness (QED) is 0.835. The van der Waals surface area contributed by atoms with Gasteiger partial charge in [-0.3, -0.25) is 4.79 Å². The van der Waals surface area contributed by atoms with Gasteiger partial charge >= 0.3 is 0 Å². The summed E-state index contributed by atoms with van der Waals surface area (Å²) in [5.74, 6) is 0.411. The Morgan fingerprint density at radius 1 is 1.35 bits per heavy atom. The van der Waals surface area contributed by atoms with Gasteiger partial charge in [-0.05, 0) is 37.5 Å². The van der Waals surface area contributed by atoms with E-state index in [4.69, 9.17) is 4.74 Å². The number of fused-ring (bicyclic) bond motifs is 1. The topological polar surface area (TPSA) is 87.7 Å². The van der Waals surface area contributed by atoms with Crippen LogP contribution in [0, 0.1) is 0 Å². The number of hydrogen-bond donors (Lipinski definition) is 2. The molecule has 1 atom stereocenters. The first kappa shape index (κ1) is 16.1. The van der Waals surface area contributed by atoms with Crippen molar-refractivity contribution in [3.05, 3.63) is 18.2 Å². The highest BCUT2D eigenvalue weighted by molar-refractivity contribution is 7.89. The summed E-state index contributed by atoms with van der Waals surface area (Å²) in [6, 6.07) is 4.04. The van der Waals surface area contributed by atoms with Crippen LogP contribution in [0.2, 0.25) is 0 Å². The second kappa shape index (κ2) is 6.37. The summed E-state index contributed by atoms with van der Waals surface area (Å²) in [7, 11) is -1.87. The van der Waals surface area contributed by atoms with Crippen LogP contribution >= 0.6 is 0 Å². The van der Waals surface area contributed by atoms with Crippen LogP contribution in [-0.4, -0.2) is 47.1 Å². The van der Waals surface area contributed by atoms with Crippen LogP contribution in [0.1, 0.15) is 19.3 Å². The summed E-state index contributed by atoms with van der Waals surface area (Å²) in [5.41, 5.74) is 0.740. The van der Waals surface area contributed by atoms with Crippen LogP contribution in [0.4, 0.5) is 5.69 Å². The first-order chi connectivity index (χ1) is 11.0. The lowest BCUT2D eigenvalue weighted by atomic mass is 10.1. The number of benzene rings is 1. The average molecular weight is 339 g/mol. The van der Waals surface area contributed by atoms with Crippen molar-refractivity contribution in [2.24, 2.45) is 0 Å². The second-order valence-corrected chi connectivity index (χ2v) is 7.57. The number of carbonyl (C=O) groups excluding carboxylic acids is 1. The molecule has 1 amide bonds. The second-order valence-electron chi connectivity index (χ2n) is 5.86. The molecular formula is C15H21N3O4S. The van der Waals surface area contributed by atoms with Gasteiger partial charge in [0.15, 0.2) is 0 Å². The zero-order valence-electron chi connectivity index (χ0n) is 13.0. The SMILES string of the molecule is CN1CCOc2ccc(S(=O)(=O)N[C@H]3CCCCNC3=O)cc21. The van der Waals surface area contributed by atoms with E-state index < -0.39 is 16.1 Å². The highest BCUT2D eigenvalue weighted by Crippen LogP contribution is 2.32. The smallest absolute Gasteiger partial charge is 0.241 e. The number of carbonyl (C=O) groups is 1. The monoisotopic (exact) mass is 339 g/mol. The van der Waals surface area contributed by atoms with Crippen molar-refractivity contribution < 1.29 is 17.9 Å². The molecule has 0 unspecified atom stereocenters. The van der Waals surface area contributed by atoms with Crippen molar-refractivity contribution in [2.45, 2.75) is 30.2 Å². The first-order valence-electron chi connectivity index (χ1n) is 7.75. The normalized spacial score (nSPS) is 21.9. The van der Waals surface area contributed by atoms with Crippen molar-refractivity contribution in [3.8, 4) is 5.75 Å². The summed E-state index contributed by atoms with van der Waals surface area (Å²) >= 11 is 0. The fourth-order valence-corrected chi connectivity index (χ4v) is 4.05. The molecule has 0 radical (unpaired) electrons. The zero-order valence-corrected chi connectivity index (χ0v) is 13.9. The van der Waals surface area contributed by atoms with Gasteiger partial charge in [0.1, 0.15) is 18.4 Å². The van der Waals surface area contributed by atoms with E-state index in [0.29, 0.717) is 31.9 Å². The van der Waals surface area contributed by atoms with Gasteiger partial charge in [0.25, 0.3) is 0 Å². The molecule has 0 saturated carbocycles. The summed E-state index contributed by atoms with van der Waals surface area (Å²) in [5, 5.41) is 2.73. The van der Waals surface area contributed by atoms with Crippen molar-refractivity contribution in [3.63, 3.8) is 0 Å². The lowest BCUT2D eigenvalue weighted by Crippen LogP contribution is -2.45. The van der Waals surface area contributed by atoms with Gasteiger partial charge in [-0.2, -0.15) is 4.72 Å². The molecule has 0 aromatic heterocycles. The molecule has 2 aliphatic heterocycles. The fourth-order valence-electron chi connectivity index (χ4n) is 2.80. The fraction of sp³-hybridized carbons (Fsp3) is 0.533. The number of nitrogens with one attached hydrogen (secondary N) is 2. The Balaban J connectivity index is 1.84. The van der Waals surface area contributed by atoms with E-state index >= 15 is 0 Å². The van der Waals surface area contributed by atoms with Gasteiger partial charge < -0.3 is 15.0 Å². The minimum absolute atomic E-state index is 0.144. The number of hydrogen-bond acceptors (Lipinski definition) is 5. The molecule has 0 aliphatic carbocycles. The maximum atomic E-state index is 12.6. The number of anilines is 1. The van der Waals surface area contributed by atoms with Crippen LogP contribution in [0.5, 0.6) is 5.75 Å². The highest BCUT2D eigenvalue weighted by atomic mass is 32.2. The third-order valence-electron chi connectivity index (χ3n) is 4.17. The maximum absolute atomic E-state index is 12.6. The molecule has 2 aliphatic rings. The van der Waals surface area contributed by atoms with Gasteiger partial charge in [0.2, 0.25) is 15.9 Å². The molecule has 2 N–H and O–H groups in total. The average Bonchev–Trinajstić information content (AvgIpc) is 2.72. The first-order valence-corrected chi connectivity index (χ1v) is 9.24. The molecule has 0 spiro atoms. The van der Waals surface area contributed by atoms with E-state index in [0.717, 1.165) is 18.5 Å². The van der Waals surface area contributed by atoms with Crippen LogP contribution < -0.4 is 19.7 Å². The Morgan fingerprint density at radius 2 is 2.17 bits per heavy atom. The summed E-state index contributed by atoms with van der Waals surface area (Å²) in [6.07, 6.45) is 2.19. The maximum Gasteiger partial charge on any atom is 0.241 e. The molecule has 7 nitrogen and oxygen atoms in total. The van der Waals surface area contributed by atoms with Gasteiger partial charge in [-0.1, -0.05) is 0 Å². The molecule has 126 valence electrons. The Labute approximate surface area is 136 Å². The van der Waals surface area contributed by atoms with E-state index in [1.165, 1.54) is 6.07 Å². The standard InChI is InChI=1S/C15H21N3O4S/c1-18-8-9-22-14-6-5-11(10-13(14)18)23(20,21)17-12-4-2-3-7-16-15(12)19/h5-6,10,12,17H,2-4,7-9H2,1H3,(H,16,19)/t12-/m0/s1. The lowest BCUT2D eigenvalue weighted by Gasteiger charge is -2.28. The zero-order chi connectivity index (χ0) is 16.4.